The molecule has 4 atom stereocenters. The first-order chi connectivity index (χ1) is 7.89. The van der Waals surface area contributed by atoms with Gasteiger partial charge in [0.05, 0.1) is 5.60 Å². The smallest absolute Gasteiger partial charge is 0.0688 e. The highest BCUT2D eigenvalue weighted by molar-refractivity contribution is 5.09. The van der Waals surface area contributed by atoms with Gasteiger partial charge < -0.3 is 4.74 Å². The van der Waals surface area contributed by atoms with Crippen LogP contribution in [0.15, 0.2) is 0 Å². The Morgan fingerprint density at radius 2 is 1.65 bits per heavy atom. The minimum absolute atomic E-state index is 0.207. The average Bonchev–Trinajstić information content (AvgIpc) is 2.60. The summed E-state index contributed by atoms with van der Waals surface area (Å²) in [5, 5.41) is 0. The summed E-state index contributed by atoms with van der Waals surface area (Å²) in [5.41, 5.74) is 1.31. The number of hydrogen-bond acceptors (Lipinski definition) is 1. The highest BCUT2D eigenvalue weighted by atomic mass is 16.5. The van der Waals surface area contributed by atoms with E-state index in [1.54, 1.807) is 0 Å². The highest BCUT2D eigenvalue weighted by Crippen LogP contribution is 2.64. The molecular weight excluding hydrogens is 208 g/mol. The maximum absolute atomic E-state index is 6.13. The fourth-order valence-corrected chi connectivity index (χ4v) is 5.82. The lowest BCUT2D eigenvalue weighted by atomic mass is 9.46. The zero-order chi connectivity index (χ0) is 12.3. The van der Waals surface area contributed by atoms with Crippen LogP contribution in [0.2, 0.25) is 0 Å². The van der Waals surface area contributed by atoms with E-state index in [2.05, 4.69) is 27.7 Å². The van der Waals surface area contributed by atoms with Gasteiger partial charge in [-0.3, -0.25) is 0 Å². The van der Waals surface area contributed by atoms with E-state index in [-0.39, 0.29) is 5.60 Å². The van der Waals surface area contributed by atoms with Gasteiger partial charge in [-0.15, -0.1) is 0 Å². The summed E-state index contributed by atoms with van der Waals surface area (Å²) in [6.07, 6.45) is 8.27. The maximum atomic E-state index is 6.13. The number of hydrogen-bond donors (Lipinski definition) is 0. The van der Waals surface area contributed by atoms with Crippen LogP contribution < -0.4 is 0 Å². The van der Waals surface area contributed by atoms with Crippen LogP contribution in [0.3, 0.4) is 0 Å². The van der Waals surface area contributed by atoms with Crippen molar-refractivity contribution in [1.29, 1.82) is 0 Å². The van der Waals surface area contributed by atoms with Crippen molar-refractivity contribution in [3.63, 3.8) is 0 Å². The predicted octanol–water partition coefficient (Wildman–Crippen LogP) is 4.41. The molecule has 3 fully saturated rings. The molecule has 1 unspecified atom stereocenters. The van der Waals surface area contributed by atoms with Crippen LogP contribution in [0.1, 0.15) is 66.2 Å². The molecule has 3 aliphatic rings. The minimum atomic E-state index is 0.207. The van der Waals surface area contributed by atoms with Gasteiger partial charge in [-0.1, -0.05) is 27.2 Å². The second-order valence-corrected chi connectivity index (χ2v) is 7.94. The summed E-state index contributed by atoms with van der Waals surface area (Å²) >= 11 is 0. The topological polar surface area (TPSA) is 9.23 Å². The lowest BCUT2D eigenvalue weighted by molar-refractivity contribution is -0.147. The molecule has 0 bridgehead atoms. The van der Waals surface area contributed by atoms with Gasteiger partial charge in [0.1, 0.15) is 0 Å². The van der Waals surface area contributed by atoms with Crippen LogP contribution in [0.25, 0.3) is 0 Å². The molecular formula is C16H28O. The molecule has 98 valence electrons. The largest absolute Gasteiger partial charge is 0.375 e. The van der Waals surface area contributed by atoms with Gasteiger partial charge in [-0.05, 0) is 61.7 Å². The van der Waals surface area contributed by atoms with Gasteiger partial charge in [0.2, 0.25) is 0 Å². The zero-order valence-corrected chi connectivity index (χ0v) is 12.0. The van der Waals surface area contributed by atoms with Crippen molar-refractivity contribution in [2.24, 2.45) is 22.7 Å². The average molecular weight is 236 g/mol. The predicted molar refractivity (Wildman–Crippen MR) is 70.9 cm³/mol. The SMILES string of the molecule is CC1(C)CCCC2(C)[C@H]1CC[C@]1(C)OCC[C@@H]21. The van der Waals surface area contributed by atoms with E-state index in [1.807, 2.05) is 0 Å². The van der Waals surface area contributed by atoms with E-state index in [0.717, 1.165) is 18.4 Å². The van der Waals surface area contributed by atoms with Gasteiger partial charge in [0, 0.05) is 6.61 Å². The Kier molecular flexibility index (Phi) is 2.47. The molecule has 0 N–H and O–H groups in total. The Morgan fingerprint density at radius 1 is 0.882 bits per heavy atom. The maximum Gasteiger partial charge on any atom is 0.0688 e. The summed E-state index contributed by atoms with van der Waals surface area (Å²) in [6, 6.07) is 0. The van der Waals surface area contributed by atoms with E-state index in [9.17, 15) is 0 Å². The molecule has 0 amide bonds. The molecule has 1 heteroatoms. The number of rotatable bonds is 0. The molecule has 3 rings (SSSR count). The molecule has 1 aliphatic heterocycles. The Hall–Kier alpha value is -0.0400. The summed E-state index contributed by atoms with van der Waals surface area (Å²) in [4.78, 5) is 0. The second-order valence-electron chi connectivity index (χ2n) is 7.94. The van der Waals surface area contributed by atoms with Crippen LogP contribution in [0.5, 0.6) is 0 Å². The van der Waals surface area contributed by atoms with Gasteiger partial charge in [-0.2, -0.15) is 0 Å². The van der Waals surface area contributed by atoms with E-state index >= 15 is 0 Å². The fourth-order valence-electron chi connectivity index (χ4n) is 5.82. The van der Waals surface area contributed by atoms with Crippen LogP contribution >= 0.6 is 0 Å². The van der Waals surface area contributed by atoms with Gasteiger partial charge in [0.15, 0.2) is 0 Å². The van der Waals surface area contributed by atoms with Gasteiger partial charge in [-0.25, -0.2) is 0 Å². The second kappa shape index (κ2) is 3.50. The third kappa shape index (κ3) is 1.54. The fraction of sp³-hybridized carbons (Fsp3) is 1.00. The van der Waals surface area contributed by atoms with E-state index in [4.69, 9.17) is 4.74 Å². The Balaban J connectivity index is 1.98. The molecule has 0 radical (unpaired) electrons. The standard InChI is InChI=1S/C16H28O/c1-14(2)8-5-9-15(3)12(14)6-10-16(4)13(15)7-11-17-16/h12-13H,5-11H2,1-4H3/t12-,13-,15?,16-/m0/s1. The van der Waals surface area contributed by atoms with Gasteiger partial charge >= 0.3 is 0 Å². The monoisotopic (exact) mass is 236 g/mol. The Bertz CT molecular complexity index is 317. The van der Waals surface area contributed by atoms with E-state index in [0.29, 0.717) is 10.8 Å². The summed E-state index contributed by atoms with van der Waals surface area (Å²) < 4.78 is 6.13. The molecule has 1 nitrogen and oxygen atoms in total. The minimum Gasteiger partial charge on any atom is -0.375 e. The summed E-state index contributed by atoms with van der Waals surface area (Å²) in [6.45, 7) is 11.0. The molecule has 0 aromatic heterocycles. The molecule has 0 spiro atoms. The quantitative estimate of drug-likeness (QED) is 0.605. The van der Waals surface area contributed by atoms with Crippen molar-refractivity contribution in [1.82, 2.24) is 0 Å². The van der Waals surface area contributed by atoms with Crippen molar-refractivity contribution in [2.75, 3.05) is 6.61 Å². The number of ether oxygens (including phenoxy) is 1. The third-order valence-corrected chi connectivity index (χ3v) is 6.58. The van der Waals surface area contributed by atoms with Crippen molar-refractivity contribution in [2.45, 2.75) is 71.8 Å². The van der Waals surface area contributed by atoms with Crippen molar-refractivity contribution in [3.05, 3.63) is 0 Å². The first-order valence-electron chi connectivity index (χ1n) is 7.52. The van der Waals surface area contributed by atoms with Crippen molar-refractivity contribution in [3.8, 4) is 0 Å². The third-order valence-electron chi connectivity index (χ3n) is 6.58. The molecule has 0 aromatic rings. The normalized spacial score (nSPS) is 52.9. The lowest BCUT2D eigenvalue weighted by Crippen LogP contribution is -2.55. The van der Waals surface area contributed by atoms with Crippen LogP contribution in [0.4, 0.5) is 0 Å². The zero-order valence-electron chi connectivity index (χ0n) is 12.0. The molecule has 17 heavy (non-hydrogen) atoms. The van der Waals surface area contributed by atoms with E-state index < -0.39 is 0 Å². The molecule has 1 heterocycles. The molecule has 0 aromatic carbocycles. The van der Waals surface area contributed by atoms with Gasteiger partial charge in [0.25, 0.3) is 0 Å². The van der Waals surface area contributed by atoms with Crippen LogP contribution in [-0.4, -0.2) is 12.2 Å². The van der Waals surface area contributed by atoms with Crippen molar-refractivity contribution >= 4 is 0 Å². The summed E-state index contributed by atoms with van der Waals surface area (Å²) in [7, 11) is 0. The lowest BCUT2D eigenvalue weighted by Gasteiger charge is -2.60. The first kappa shape index (κ1) is 12.0. The van der Waals surface area contributed by atoms with Crippen molar-refractivity contribution < 1.29 is 4.74 Å². The van der Waals surface area contributed by atoms with E-state index in [1.165, 1.54) is 38.5 Å². The number of fused-ring (bicyclic) bond motifs is 3. The molecule has 1 saturated heterocycles. The molecule has 2 saturated carbocycles. The Morgan fingerprint density at radius 3 is 2.41 bits per heavy atom. The highest BCUT2D eigenvalue weighted by Gasteiger charge is 2.60. The van der Waals surface area contributed by atoms with Crippen LogP contribution in [0, 0.1) is 22.7 Å². The summed E-state index contributed by atoms with van der Waals surface area (Å²) in [5.74, 6) is 1.73. The molecule has 2 aliphatic carbocycles. The first-order valence-corrected chi connectivity index (χ1v) is 7.52. The van der Waals surface area contributed by atoms with Crippen LogP contribution in [-0.2, 0) is 4.74 Å². The Labute approximate surface area is 106 Å².